The molecular formula is C15H33N3. The van der Waals surface area contributed by atoms with Gasteiger partial charge in [0.2, 0.25) is 0 Å². The van der Waals surface area contributed by atoms with Gasteiger partial charge in [0, 0.05) is 13.1 Å². The van der Waals surface area contributed by atoms with Crippen LogP contribution in [-0.4, -0.2) is 63.7 Å². The van der Waals surface area contributed by atoms with Gasteiger partial charge in [-0.15, -0.1) is 0 Å². The predicted molar refractivity (Wildman–Crippen MR) is 80.0 cm³/mol. The largest absolute Gasteiger partial charge is 0.319 e. The van der Waals surface area contributed by atoms with Crippen LogP contribution in [0.15, 0.2) is 0 Å². The van der Waals surface area contributed by atoms with Crippen LogP contribution in [0.4, 0.5) is 0 Å². The topological polar surface area (TPSA) is 18.5 Å². The first-order valence-corrected chi connectivity index (χ1v) is 7.54. The molecule has 0 spiro atoms. The number of rotatable bonds is 7. The van der Waals surface area contributed by atoms with E-state index in [-0.39, 0.29) is 0 Å². The van der Waals surface area contributed by atoms with Crippen molar-refractivity contribution < 1.29 is 0 Å². The molecule has 1 atom stereocenters. The lowest BCUT2D eigenvalue weighted by atomic mass is 9.93. The quantitative estimate of drug-likeness (QED) is 0.748. The smallest absolute Gasteiger partial charge is 0.00213 e. The van der Waals surface area contributed by atoms with Crippen molar-refractivity contribution in [2.75, 3.05) is 53.9 Å². The molecular weight excluding hydrogens is 222 g/mol. The van der Waals surface area contributed by atoms with Gasteiger partial charge < -0.3 is 15.1 Å². The second-order valence-electron chi connectivity index (χ2n) is 6.53. The summed E-state index contributed by atoms with van der Waals surface area (Å²) in [6.45, 7) is 10.9. The van der Waals surface area contributed by atoms with Crippen LogP contribution < -0.4 is 5.32 Å². The van der Waals surface area contributed by atoms with Gasteiger partial charge in [0.1, 0.15) is 0 Å². The molecule has 108 valence electrons. The summed E-state index contributed by atoms with van der Waals surface area (Å²) in [5.41, 5.74) is 0. The maximum Gasteiger partial charge on any atom is 0.00213 e. The molecule has 1 unspecified atom stereocenters. The molecule has 0 aromatic carbocycles. The Labute approximate surface area is 114 Å². The second kappa shape index (κ2) is 8.13. The van der Waals surface area contributed by atoms with Crippen molar-refractivity contribution in [3.63, 3.8) is 0 Å². The van der Waals surface area contributed by atoms with E-state index < -0.39 is 0 Å². The first-order valence-electron chi connectivity index (χ1n) is 7.54. The summed E-state index contributed by atoms with van der Waals surface area (Å²) >= 11 is 0. The van der Waals surface area contributed by atoms with E-state index in [1.165, 1.54) is 39.0 Å². The Morgan fingerprint density at radius 2 is 1.89 bits per heavy atom. The monoisotopic (exact) mass is 255 g/mol. The average molecular weight is 255 g/mol. The van der Waals surface area contributed by atoms with Crippen LogP contribution in [0.1, 0.15) is 26.7 Å². The number of nitrogens with one attached hydrogen (secondary N) is 1. The first-order chi connectivity index (χ1) is 8.52. The molecule has 18 heavy (non-hydrogen) atoms. The third-order valence-corrected chi connectivity index (χ3v) is 4.36. The van der Waals surface area contributed by atoms with Crippen molar-refractivity contribution in [3.05, 3.63) is 0 Å². The number of likely N-dealkylation sites (tertiary alicyclic amines) is 1. The van der Waals surface area contributed by atoms with Crippen molar-refractivity contribution in [2.24, 2.45) is 17.8 Å². The van der Waals surface area contributed by atoms with E-state index >= 15 is 0 Å². The molecule has 3 heteroatoms. The Hall–Kier alpha value is -0.120. The van der Waals surface area contributed by atoms with Crippen molar-refractivity contribution in [2.45, 2.75) is 26.7 Å². The third-order valence-electron chi connectivity index (χ3n) is 4.36. The third kappa shape index (κ3) is 5.68. The minimum Gasteiger partial charge on any atom is -0.319 e. The molecule has 0 amide bonds. The van der Waals surface area contributed by atoms with Crippen LogP contribution in [0, 0.1) is 17.8 Å². The van der Waals surface area contributed by atoms with Gasteiger partial charge in [-0.05, 0) is 71.4 Å². The van der Waals surface area contributed by atoms with Gasteiger partial charge in [-0.2, -0.15) is 0 Å². The van der Waals surface area contributed by atoms with Gasteiger partial charge in [-0.25, -0.2) is 0 Å². The second-order valence-corrected chi connectivity index (χ2v) is 6.53. The zero-order valence-corrected chi connectivity index (χ0v) is 13.1. The van der Waals surface area contributed by atoms with Crippen molar-refractivity contribution in [1.29, 1.82) is 0 Å². The molecule has 1 fully saturated rings. The Bertz CT molecular complexity index is 210. The normalized spacial score (nSPS) is 20.8. The molecule has 0 aliphatic carbocycles. The van der Waals surface area contributed by atoms with E-state index in [2.05, 4.69) is 50.1 Å². The van der Waals surface area contributed by atoms with Gasteiger partial charge in [0.05, 0.1) is 0 Å². The van der Waals surface area contributed by atoms with E-state index in [0.29, 0.717) is 0 Å². The SMILES string of the molecule is CNCC(CN(C)CC1CCN(C)CC1)C(C)C. The lowest BCUT2D eigenvalue weighted by Crippen LogP contribution is -2.39. The maximum absolute atomic E-state index is 3.33. The van der Waals surface area contributed by atoms with Crippen molar-refractivity contribution in [1.82, 2.24) is 15.1 Å². The predicted octanol–water partition coefficient (Wildman–Crippen LogP) is 1.75. The Morgan fingerprint density at radius 1 is 1.28 bits per heavy atom. The van der Waals surface area contributed by atoms with Crippen LogP contribution >= 0.6 is 0 Å². The Kier molecular flexibility index (Phi) is 7.20. The van der Waals surface area contributed by atoms with Crippen molar-refractivity contribution >= 4 is 0 Å². The summed E-state index contributed by atoms with van der Waals surface area (Å²) in [4.78, 5) is 5.01. The zero-order chi connectivity index (χ0) is 13.5. The minimum absolute atomic E-state index is 0.761. The van der Waals surface area contributed by atoms with Gasteiger partial charge in [0.15, 0.2) is 0 Å². The number of piperidine rings is 1. The van der Waals surface area contributed by atoms with Crippen molar-refractivity contribution in [3.8, 4) is 0 Å². The van der Waals surface area contributed by atoms with E-state index in [4.69, 9.17) is 0 Å². The molecule has 1 aliphatic heterocycles. The number of hydrogen-bond acceptors (Lipinski definition) is 3. The standard InChI is InChI=1S/C15H33N3/c1-13(2)15(10-16-3)12-18(5)11-14-6-8-17(4)9-7-14/h13-16H,6-12H2,1-5H3. The van der Waals surface area contributed by atoms with E-state index in [0.717, 1.165) is 24.3 Å². The fourth-order valence-electron chi connectivity index (χ4n) is 2.93. The summed E-state index contributed by atoms with van der Waals surface area (Å²) in [5.74, 6) is 2.44. The van der Waals surface area contributed by atoms with E-state index in [1.807, 2.05) is 0 Å². The molecule has 0 saturated carbocycles. The van der Waals surface area contributed by atoms with Crippen LogP contribution in [-0.2, 0) is 0 Å². The number of nitrogens with zero attached hydrogens (tertiary/aromatic N) is 2. The lowest BCUT2D eigenvalue weighted by Gasteiger charge is -2.33. The van der Waals surface area contributed by atoms with Gasteiger partial charge in [-0.3, -0.25) is 0 Å². The lowest BCUT2D eigenvalue weighted by molar-refractivity contribution is 0.156. The molecule has 0 aromatic rings. The molecule has 1 saturated heterocycles. The minimum atomic E-state index is 0.761. The average Bonchev–Trinajstić information content (AvgIpc) is 2.31. The molecule has 1 aliphatic rings. The summed E-state index contributed by atoms with van der Waals surface area (Å²) in [7, 11) is 6.59. The van der Waals surface area contributed by atoms with Gasteiger partial charge >= 0.3 is 0 Å². The highest BCUT2D eigenvalue weighted by Gasteiger charge is 2.20. The highest BCUT2D eigenvalue weighted by atomic mass is 15.1. The van der Waals surface area contributed by atoms with Gasteiger partial charge in [0.25, 0.3) is 0 Å². The summed E-state index contributed by atoms with van der Waals surface area (Å²) < 4.78 is 0. The fourth-order valence-corrected chi connectivity index (χ4v) is 2.93. The molecule has 3 nitrogen and oxygen atoms in total. The first kappa shape index (κ1) is 15.9. The highest BCUT2D eigenvalue weighted by molar-refractivity contribution is 4.75. The van der Waals surface area contributed by atoms with Crippen LogP contribution in [0.5, 0.6) is 0 Å². The van der Waals surface area contributed by atoms with E-state index in [1.54, 1.807) is 0 Å². The zero-order valence-electron chi connectivity index (χ0n) is 13.1. The molecule has 0 bridgehead atoms. The molecule has 1 N–H and O–H groups in total. The van der Waals surface area contributed by atoms with Crippen LogP contribution in [0.2, 0.25) is 0 Å². The summed E-state index contributed by atoms with van der Waals surface area (Å²) in [6, 6.07) is 0. The maximum atomic E-state index is 3.33. The Balaban J connectivity index is 2.28. The summed E-state index contributed by atoms with van der Waals surface area (Å²) in [5, 5.41) is 3.33. The van der Waals surface area contributed by atoms with Crippen LogP contribution in [0.25, 0.3) is 0 Å². The van der Waals surface area contributed by atoms with Gasteiger partial charge in [-0.1, -0.05) is 13.8 Å². The number of hydrogen-bond donors (Lipinski definition) is 1. The molecule has 1 rings (SSSR count). The molecule has 0 aromatic heterocycles. The molecule has 1 heterocycles. The highest BCUT2D eigenvalue weighted by Crippen LogP contribution is 2.18. The Morgan fingerprint density at radius 3 is 2.39 bits per heavy atom. The fraction of sp³-hybridized carbons (Fsp3) is 1.00. The van der Waals surface area contributed by atoms with E-state index in [9.17, 15) is 0 Å². The summed E-state index contributed by atoms with van der Waals surface area (Å²) in [6.07, 6.45) is 2.75. The van der Waals surface area contributed by atoms with Crippen LogP contribution in [0.3, 0.4) is 0 Å². The molecule has 0 radical (unpaired) electrons.